The van der Waals surface area contributed by atoms with Crippen LogP contribution in [0.4, 0.5) is 0 Å². The van der Waals surface area contributed by atoms with E-state index in [0.29, 0.717) is 0 Å². The molecule has 1 aliphatic carbocycles. The van der Waals surface area contributed by atoms with Gasteiger partial charge in [0.2, 0.25) is 0 Å². The highest BCUT2D eigenvalue weighted by atomic mass is 16.5. The maximum Gasteiger partial charge on any atom is 0.328 e. The summed E-state index contributed by atoms with van der Waals surface area (Å²) >= 11 is 0. The van der Waals surface area contributed by atoms with Crippen molar-refractivity contribution in [3.8, 4) is 6.01 Å². The number of ether oxygens (including phenoxy) is 1. The van der Waals surface area contributed by atoms with E-state index in [1.165, 1.54) is 24.5 Å². The smallest absolute Gasteiger partial charge is 0.328 e. The van der Waals surface area contributed by atoms with Gasteiger partial charge in [-0.15, -0.1) is 0 Å². The number of hydrogen-bond acceptors (Lipinski definition) is 5. The molecule has 0 N–H and O–H groups in total. The lowest BCUT2D eigenvalue weighted by Gasteiger charge is -2.09. The zero-order valence-corrected chi connectivity index (χ0v) is 8.24. The lowest BCUT2D eigenvalue weighted by atomic mass is 10.00. The number of aromatic nitrogens is 2. The number of hydrogen-bond donors (Lipinski definition) is 0. The minimum Gasteiger partial charge on any atom is -0.390 e. The van der Waals surface area contributed by atoms with Crippen molar-refractivity contribution >= 4 is 11.8 Å². The van der Waals surface area contributed by atoms with E-state index in [0.717, 1.165) is 0 Å². The van der Waals surface area contributed by atoms with Gasteiger partial charge in [0.25, 0.3) is 0 Å². The zero-order chi connectivity index (χ0) is 11.4. The van der Waals surface area contributed by atoms with Crippen LogP contribution in [0.15, 0.2) is 42.8 Å². The Bertz CT molecular complexity index is 465. The van der Waals surface area contributed by atoms with Gasteiger partial charge in [-0.2, -0.15) is 0 Å². The van der Waals surface area contributed by atoms with E-state index >= 15 is 0 Å². The van der Waals surface area contributed by atoms with Gasteiger partial charge in [0.15, 0.2) is 5.78 Å². The van der Waals surface area contributed by atoms with Gasteiger partial charge in [-0.3, -0.25) is 9.59 Å². The summed E-state index contributed by atoms with van der Waals surface area (Å²) < 4.78 is 4.86. The molecule has 0 radical (unpaired) electrons. The van der Waals surface area contributed by atoms with Crippen LogP contribution in [-0.4, -0.2) is 21.7 Å². The summed E-state index contributed by atoms with van der Waals surface area (Å²) in [5, 5.41) is 0. The van der Waals surface area contributed by atoms with Crippen molar-refractivity contribution in [1.29, 1.82) is 0 Å². The molecule has 0 aromatic carbocycles. The first-order valence-electron chi connectivity index (χ1n) is 4.65. The van der Waals surface area contributed by atoms with E-state index in [-0.39, 0.29) is 11.8 Å². The number of rotatable bonds is 2. The third-order valence-corrected chi connectivity index (χ3v) is 1.97. The molecule has 0 saturated carbocycles. The third-order valence-electron chi connectivity index (χ3n) is 1.97. The molecule has 80 valence electrons. The Hall–Kier alpha value is -2.30. The second kappa shape index (κ2) is 4.48. The van der Waals surface area contributed by atoms with Crippen molar-refractivity contribution < 1.29 is 14.3 Å². The van der Waals surface area contributed by atoms with E-state index in [1.807, 2.05) is 0 Å². The highest BCUT2D eigenvalue weighted by Crippen LogP contribution is 2.11. The van der Waals surface area contributed by atoms with Crippen LogP contribution in [0.25, 0.3) is 0 Å². The van der Waals surface area contributed by atoms with Crippen LogP contribution in [0.3, 0.4) is 0 Å². The molecule has 1 unspecified atom stereocenters. The molecule has 0 fully saturated rings. The van der Waals surface area contributed by atoms with Crippen LogP contribution in [0.2, 0.25) is 0 Å². The molecular formula is C11H8N2O3. The summed E-state index contributed by atoms with van der Waals surface area (Å²) in [6.45, 7) is 0. The van der Waals surface area contributed by atoms with Gasteiger partial charge in [0, 0.05) is 12.4 Å². The average molecular weight is 216 g/mol. The average Bonchev–Trinajstić information content (AvgIpc) is 2.31. The Labute approximate surface area is 91.5 Å². The molecule has 5 nitrogen and oxygen atoms in total. The predicted octanol–water partition coefficient (Wildman–Crippen LogP) is 0.693. The molecule has 2 rings (SSSR count). The van der Waals surface area contributed by atoms with Gasteiger partial charge in [0.05, 0.1) is 0 Å². The van der Waals surface area contributed by atoms with Crippen molar-refractivity contribution in [1.82, 2.24) is 9.97 Å². The number of carbonyl (C=O) groups excluding carboxylic acids is 2. The van der Waals surface area contributed by atoms with Crippen LogP contribution < -0.4 is 4.74 Å². The summed E-state index contributed by atoms with van der Waals surface area (Å²) in [6, 6.07) is 1.55. The predicted molar refractivity (Wildman–Crippen MR) is 54.4 cm³/mol. The molecule has 1 aliphatic rings. The minimum absolute atomic E-state index is 0.0525. The van der Waals surface area contributed by atoms with Crippen LogP contribution in [0.1, 0.15) is 0 Å². The van der Waals surface area contributed by atoms with Gasteiger partial charge in [-0.1, -0.05) is 18.2 Å². The van der Waals surface area contributed by atoms with Crippen molar-refractivity contribution in [2.75, 3.05) is 0 Å². The molecule has 0 spiro atoms. The molecule has 1 atom stereocenters. The zero-order valence-electron chi connectivity index (χ0n) is 8.24. The van der Waals surface area contributed by atoms with Crippen LogP contribution in [0.5, 0.6) is 6.01 Å². The summed E-state index contributed by atoms with van der Waals surface area (Å²) in [4.78, 5) is 30.4. The summed E-state index contributed by atoms with van der Waals surface area (Å²) in [5.41, 5.74) is 0. The monoisotopic (exact) mass is 216 g/mol. The summed E-state index contributed by atoms with van der Waals surface area (Å²) in [6.07, 6.45) is 8.91. The molecule has 16 heavy (non-hydrogen) atoms. The molecule has 1 aromatic heterocycles. The van der Waals surface area contributed by atoms with Gasteiger partial charge in [-0.25, -0.2) is 9.97 Å². The SMILES string of the molecule is O=C1C=CC=CC1C(=O)Oc1ncccn1. The highest BCUT2D eigenvalue weighted by Gasteiger charge is 2.25. The highest BCUT2D eigenvalue weighted by molar-refractivity contribution is 6.07. The van der Waals surface area contributed by atoms with Gasteiger partial charge >= 0.3 is 12.0 Å². The fourth-order valence-corrected chi connectivity index (χ4v) is 1.21. The van der Waals surface area contributed by atoms with Crippen LogP contribution >= 0.6 is 0 Å². The lowest BCUT2D eigenvalue weighted by molar-refractivity contribution is -0.141. The van der Waals surface area contributed by atoms with Crippen molar-refractivity contribution in [3.05, 3.63) is 42.8 Å². The minimum atomic E-state index is -0.895. The fraction of sp³-hybridized carbons (Fsp3) is 0.0909. The Morgan fingerprint density at radius 3 is 2.69 bits per heavy atom. The van der Waals surface area contributed by atoms with E-state index in [9.17, 15) is 9.59 Å². The Morgan fingerprint density at radius 1 is 1.25 bits per heavy atom. The summed E-state index contributed by atoms with van der Waals surface area (Å²) in [7, 11) is 0. The number of ketones is 1. The normalized spacial score (nSPS) is 18.5. The Balaban J connectivity index is 2.07. The number of esters is 1. The number of carbonyl (C=O) groups is 2. The van der Waals surface area contributed by atoms with Crippen LogP contribution in [-0.2, 0) is 9.59 Å². The molecule has 1 aromatic rings. The Morgan fingerprint density at radius 2 is 2.00 bits per heavy atom. The van der Waals surface area contributed by atoms with Crippen LogP contribution in [0, 0.1) is 5.92 Å². The topological polar surface area (TPSA) is 69.2 Å². The second-order valence-electron chi connectivity index (χ2n) is 3.08. The maximum absolute atomic E-state index is 11.6. The molecule has 0 aliphatic heterocycles. The second-order valence-corrected chi connectivity index (χ2v) is 3.08. The van der Waals surface area contributed by atoms with Gasteiger partial charge in [-0.05, 0) is 12.1 Å². The molecule has 0 saturated heterocycles. The summed E-state index contributed by atoms with van der Waals surface area (Å²) in [5.74, 6) is -1.87. The molecular weight excluding hydrogens is 208 g/mol. The molecule has 0 bridgehead atoms. The molecule has 1 heterocycles. The third kappa shape index (κ3) is 2.20. The van der Waals surface area contributed by atoms with E-state index in [1.54, 1.807) is 18.2 Å². The maximum atomic E-state index is 11.6. The first kappa shape index (κ1) is 10.2. The molecule has 0 amide bonds. The van der Waals surface area contributed by atoms with Crippen molar-refractivity contribution in [2.24, 2.45) is 5.92 Å². The standard InChI is InChI=1S/C11H8N2O3/c14-9-5-2-1-4-8(9)10(15)16-11-12-6-3-7-13-11/h1-8H. The fourth-order valence-electron chi connectivity index (χ4n) is 1.21. The van der Waals surface area contributed by atoms with E-state index in [2.05, 4.69) is 9.97 Å². The van der Waals surface area contributed by atoms with Gasteiger partial charge < -0.3 is 4.74 Å². The van der Waals surface area contributed by atoms with Crippen molar-refractivity contribution in [3.63, 3.8) is 0 Å². The first-order valence-corrected chi connectivity index (χ1v) is 4.65. The van der Waals surface area contributed by atoms with Crippen molar-refractivity contribution in [2.45, 2.75) is 0 Å². The van der Waals surface area contributed by atoms with E-state index < -0.39 is 11.9 Å². The van der Waals surface area contributed by atoms with E-state index in [4.69, 9.17) is 4.74 Å². The largest absolute Gasteiger partial charge is 0.390 e. The first-order chi connectivity index (χ1) is 7.77. The molecule has 5 heteroatoms. The number of allylic oxidation sites excluding steroid dienone is 3. The quantitative estimate of drug-likeness (QED) is 0.537. The lowest BCUT2D eigenvalue weighted by Crippen LogP contribution is -2.26. The van der Waals surface area contributed by atoms with Gasteiger partial charge in [0.1, 0.15) is 5.92 Å². The Kier molecular flexibility index (Phi) is 2.86. The number of nitrogens with zero attached hydrogens (tertiary/aromatic N) is 2.